The molecule has 0 heterocycles. The second kappa shape index (κ2) is 7.40. The minimum Gasteiger partial charge on any atom is -0.333 e. The standard InChI is InChI=1S/C16H17IN2O/c1-12(13-5-3-2-4-6-13)18-11-16(20)19-15-9-7-14(17)8-10-15/h2-10,12,18H,11H2,1H3,(H,19,20)/p+1/t12-/m1/s1. The molecule has 2 aromatic carbocycles. The monoisotopic (exact) mass is 381 g/mol. The number of hydrogen-bond acceptors (Lipinski definition) is 1. The zero-order valence-corrected chi connectivity index (χ0v) is 13.5. The van der Waals surface area contributed by atoms with Crippen LogP contribution in [0, 0.1) is 3.57 Å². The summed E-state index contributed by atoms with van der Waals surface area (Å²) in [6, 6.07) is 18.3. The number of hydrogen-bond donors (Lipinski definition) is 2. The molecule has 0 aliphatic heterocycles. The Morgan fingerprint density at radius 2 is 1.80 bits per heavy atom. The van der Waals surface area contributed by atoms with E-state index in [2.05, 4.69) is 47.0 Å². The third kappa shape index (κ3) is 4.61. The van der Waals surface area contributed by atoms with Crippen molar-refractivity contribution in [3.05, 3.63) is 63.7 Å². The van der Waals surface area contributed by atoms with Gasteiger partial charge in [0.1, 0.15) is 6.04 Å². The van der Waals surface area contributed by atoms with Crippen molar-refractivity contribution in [1.82, 2.24) is 0 Å². The largest absolute Gasteiger partial charge is 0.333 e. The molecular formula is C16H18IN2O+. The summed E-state index contributed by atoms with van der Waals surface area (Å²) in [5.41, 5.74) is 2.07. The average Bonchev–Trinajstić information content (AvgIpc) is 2.48. The van der Waals surface area contributed by atoms with Crippen LogP contribution in [-0.4, -0.2) is 12.5 Å². The molecule has 0 saturated heterocycles. The molecule has 4 heteroatoms. The Labute approximate surface area is 132 Å². The molecule has 3 nitrogen and oxygen atoms in total. The predicted molar refractivity (Wildman–Crippen MR) is 89.4 cm³/mol. The molecule has 0 unspecified atom stereocenters. The fraction of sp³-hybridized carbons (Fsp3) is 0.188. The lowest BCUT2D eigenvalue weighted by atomic mass is 10.1. The van der Waals surface area contributed by atoms with Gasteiger partial charge < -0.3 is 10.6 Å². The number of nitrogens with two attached hydrogens (primary N) is 1. The van der Waals surface area contributed by atoms with Crippen molar-refractivity contribution < 1.29 is 10.1 Å². The minimum absolute atomic E-state index is 0.0222. The lowest BCUT2D eigenvalue weighted by molar-refractivity contribution is -0.682. The first-order valence-electron chi connectivity index (χ1n) is 6.59. The average molecular weight is 381 g/mol. The van der Waals surface area contributed by atoms with Gasteiger partial charge in [0.05, 0.1) is 0 Å². The summed E-state index contributed by atoms with van der Waals surface area (Å²) < 4.78 is 1.16. The van der Waals surface area contributed by atoms with Gasteiger partial charge in [0.15, 0.2) is 6.54 Å². The maximum absolute atomic E-state index is 11.9. The highest BCUT2D eigenvalue weighted by Gasteiger charge is 2.11. The normalized spacial score (nSPS) is 11.9. The van der Waals surface area contributed by atoms with Gasteiger partial charge in [-0.05, 0) is 53.8 Å². The number of quaternary nitrogens is 1. The summed E-state index contributed by atoms with van der Waals surface area (Å²) in [5, 5.41) is 4.94. The first kappa shape index (κ1) is 15.0. The first-order chi connectivity index (χ1) is 9.65. The van der Waals surface area contributed by atoms with E-state index in [-0.39, 0.29) is 11.9 Å². The fourth-order valence-corrected chi connectivity index (χ4v) is 2.28. The van der Waals surface area contributed by atoms with Crippen molar-refractivity contribution in [2.24, 2.45) is 0 Å². The van der Waals surface area contributed by atoms with Crippen molar-refractivity contribution in [2.75, 3.05) is 11.9 Å². The zero-order valence-electron chi connectivity index (χ0n) is 11.3. The van der Waals surface area contributed by atoms with Crippen LogP contribution in [0.5, 0.6) is 0 Å². The lowest BCUT2D eigenvalue weighted by Gasteiger charge is -2.11. The van der Waals surface area contributed by atoms with Crippen molar-refractivity contribution in [3.8, 4) is 0 Å². The molecule has 0 fully saturated rings. The highest BCUT2D eigenvalue weighted by molar-refractivity contribution is 14.1. The van der Waals surface area contributed by atoms with Gasteiger partial charge in [0.25, 0.3) is 5.91 Å². The van der Waals surface area contributed by atoms with E-state index in [1.54, 1.807) is 0 Å². The number of benzene rings is 2. The molecule has 104 valence electrons. The third-order valence-electron chi connectivity index (χ3n) is 3.11. The maximum atomic E-state index is 11.9. The Hall–Kier alpha value is -1.40. The van der Waals surface area contributed by atoms with Gasteiger partial charge in [-0.1, -0.05) is 30.3 Å². The van der Waals surface area contributed by atoms with Crippen LogP contribution in [0.2, 0.25) is 0 Å². The summed E-state index contributed by atoms with van der Waals surface area (Å²) in [4.78, 5) is 11.9. The van der Waals surface area contributed by atoms with Gasteiger partial charge in [-0.15, -0.1) is 0 Å². The van der Waals surface area contributed by atoms with E-state index in [1.807, 2.05) is 47.8 Å². The number of nitrogens with one attached hydrogen (secondary N) is 1. The van der Waals surface area contributed by atoms with Crippen molar-refractivity contribution in [1.29, 1.82) is 0 Å². The van der Waals surface area contributed by atoms with Crippen LogP contribution in [-0.2, 0) is 4.79 Å². The van der Waals surface area contributed by atoms with E-state index >= 15 is 0 Å². The Morgan fingerprint density at radius 3 is 2.45 bits per heavy atom. The Morgan fingerprint density at radius 1 is 1.15 bits per heavy atom. The Kier molecular flexibility index (Phi) is 5.55. The highest BCUT2D eigenvalue weighted by Crippen LogP contribution is 2.10. The Bertz CT molecular complexity index is 554. The van der Waals surface area contributed by atoms with Crippen LogP contribution in [0.15, 0.2) is 54.6 Å². The highest BCUT2D eigenvalue weighted by atomic mass is 127. The van der Waals surface area contributed by atoms with Crippen LogP contribution in [0.25, 0.3) is 0 Å². The molecule has 0 radical (unpaired) electrons. The quantitative estimate of drug-likeness (QED) is 0.769. The minimum atomic E-state index is 0.0222. The van der Waals surface area contributed by atoms with Gasteiger partial charge in [0.2, 0.25) is 0 Å². The summed E-state index contributed by atoms with van der Waals surface area (Å²) in [6.45, 7) is 2.52. The van der Waals surface area contributed by atoms with E-state index in [0.717, 1.165) is 9.26 Å². The summed E-state index contributed by atoms with van der Waals surface area (Å²) in [7, 11) is 0. The number of carbonyl (C=O) groups excluding carboxylic acids is 1. The van der Waals surface area contributed by atoms with E-state index < -0.39 is 0 Å². The smallest absolute Gasteiger partial charge is 0.279 e. The van der Waals surface area contributed by atoms with E-state index in [9.17, 15) is 4.79 Å². The van der Waals surface area contributed by atoms with Crippen LogP contribution < -0.4 is 10.6 Å². The fourth-order valence-electron chi connectivity index (χ4n) is 1.92. The molecule has 0 saturated carbocycles. The SMILES string of the molecule is C[C@@H]([NH2+]CC(=O)Nc1ccc(I)cc1)c1ccccc1. The molecule has 2 rings (SSSR count). The maximum Gasteiger partial charge on any atom is 0.279 e. The van der Waals surface area contributed by atoms with Gasteiger partial charge in [0, 0.05) is 14.8 Å². The number of halogens is 1. The van der Waals surface area contributed by atoms with Gasteiger partial charge in [-0.3, -0.25) is 4.79 Å². The third-order valence-corrected chi connectivity index (χ3v) is 3.83. The molecular weight excluding hydrogens is 363 g/mol. The second-order valence-electron chi connectivity index (χ2n) is 4.69. The van der Waals surface area contributed by atoms with Crippen molar-refractivity contribution >= 4 is 34.2 Å². The lowest BCUT2D eigenvalue weighted by Crippen LogP contribution is -2.86. The molecule has 0 aliphatic rings. The number of anilines is 1. The topological polar surface area (TPSA) is 45.7 Å². The number of rotatable bonds is 5. The van der Waals surface area contributed by atoms with Crippen molar-refractivity contribution in [3.63, 3.8) is 0 Å². The van der Waals surface area contributed by atoms with E-state index in [1.165, 1.54) is 5.56 Å². The molecule has 3 N–H and O–H groups in total. The van der Waals surface area contributed by atoms with Crippen LogP contribution in [0.4, 0.5) is 5.69 Å². The van der Waals surface area contributed by atoms with Crippen LogP contribution >= 0.6 is 22.6 Å². The van der Waals surface area contributed by atoms with E-state index in [4.69, 9.17) is 0 Å². The molecule has 0 aromatic heterocycles. The summed E-state index contributed by atoms with van der Waals surface area (Å²) >= 11 is 2.24. The molecule has 20 heavy (non-hydrogen) atoms. The van der Waals surface area contributed by atoms with E-state index in [0.29, 0.717) is 6.54 Å². The molecule has 0 bridgehead atoms. The molecule has 0 spiro atoms. The Balaban J connectivity index is 1.82. The summed E-state index contributed by atoms with van der Waals surface area (Å²) in [5.74, 6) is 0.0222. The van der Waals surface area contributed by atoms with Crippen LogP contribution in [0.3, 0.4) is 0 Å². The van der Waals surface area contributed by atoms with Gasteiger partial charge in [-0.2, -0.15) is 0 Å². The zero-order chi connectivity index (χ0) is 14.4. The van der Waals surface area contributed by atoms with Crippen LogP contribution in [0.1, 0.15) is 18.5 Å². The van der Waals surface area contributed by atoms with Gasteiger partial charge >= 0.3 is 0 Å². The molecule has 1 amide bonds. The number of carbonyl (C=O) groups is 1. The second-order valence-corrected chi connectivity index (χ2v) is 5.94. The molecule has 0 aliphatic carbocycles. The molecule has 1 atom stereocenters. The van der Waals surface area contributed by atoms with Gasteiger partial charge in [-0.25, -0.2) is 0 Å². The molecule has 2 aromatic rings. The van der Waals surface area contributed by atoms with Crippen molar-refractivity contribution in [2.45, 2.75) is 13.0 Å². The summed E-state index contributed by atoms with van der Waals surface area (Å²) in [6.07, 6.45) is 0. The number of amides is 1. The predicted octanol–water partition coefficient (Wildman–Crippen LogP) is 2.55. The first-order valence-corrected chi connectivity index (χ1v) is 7.67.